The first kappa shape index (κ1) is 15.0. The SMILES string of the molecule is CCC[C@@H](C)NC(=O)[C@@H]1CC(=O)N(C(C)(C)C)C1. The molecule has 104 valence electrons. The number of nitrogens with one attached hydrogen (secondary N) is 1. The van der Waals surface area contributed by atoms with Crippen LogP contribution in [0.5, 0.6) is 0 Å². The van der Waals surface area contributed by atoms with Gasteiger partial charge in [-0.25, -0.2) is 0 Å². The number of hydrogen-bond acceptors (Lipinski definition) is 2. The predicted octanol–water partition coefficient (Wildman–Crippen LogP) is 1.94. The Morgan fingerprint density at radius 3 is 2.56 bits per heavy atom. The van der Waals surface area contributed by atoms with Crippen molar-refractivity contribution >= 4 is 11.8 Å². The van der Waals surface area contributed by atoms with Gasteiger partial charge in [0.2, 0.25) is 11.8 Å². The van der Waals surface area contributed by atoms with Gasteiger partial charge >= 0.3 is 0 Å². The van der Waals surface area contributed by atoms with Crippen LogP contribution in [0.2, 0.25) is 0 Å². The largest absolute Gasteiger partial charge is 0.353 e. The monoisotopic (exact) mass is 254 g/mol. The molecule has 4 nitrogen and oxygen atoms in total. The van der Waals surface area contributed by atoms with Crippen LogP contribution >= 0.6 is 0 Å². The molecule has 2 amide bonds. The maximum atomic E-state index is 12.1. The zero-order valence-corrected chi connectivity index (χ0v) is 12.2. The minimum atomic E-state index is -0.193. The van der Waals surface area contributed by atoms with Crippen molar-refractivity contribution in [2.45, 2.75) is 65.5 Å². The van der Waals surface area contributed by atoms with Gasteiger partial charge in [0.25, 0.3) is 0 Å². The summed E-state index contributed by atoms with van der Waals surface area (Å²) in [7, 11) is 0. The van der Waals surface area contributed by atoms with Crippen molar-refractivity contribution in [2.24, 2.45) is 5.92 Å². The fourth-order valence-corrected chi connectivity index (χ4v) is 2.40. The average Bonchev–Trinajstić information content (AvgIpc) is 2.60. The van der Waals surface area contributed by atoms with Gasteiger partial charge in [0.05, 0.1) is 5.92 Å². The summed E-state index contributed by atoms with van der Waals surface area (Å²) < 4.78 is 0. The molecule has 1 aliphatic heterocycles. The second-order valence-electron chi connectivity index (χ2n) is 6.27. The van der Waals surface area contributed by atoms with Crippen molar-refractivity contribution < 1.29 is 9.59 Å². The Labute approximate surface area is 110 Å². The molecule has 0 aromatic rings. The van der Waals surface area contributed by atoms with Crippen molar-refractivity contribution in [2.75, 3.05) is 6.54 Å². The Balaban J connectivity index is 2.55. The first-order chi connectivity index (χ1) is 8.25. The zero-order valence-electron chi connectivity index (χ0n) is 12.2. The lowest BCUT2D eigenvalue weighted by Gasteiger charge is -2.32. The van der Waals surface area contributed by atoms with Gasteiger partial charge in [-0.05, 0) is 34.1 Å². The minimum Gasteiger partial charge on any atom is -0.353 e. The Morgan fingerprint density at radius 1 is 1.50 bits per heavy atom. The van der Waals surface area contributed by atoms with Crippen LogP contribution < -0.4 is 5.32 Å². The van der Waals surface area contributed by atoms with Crippen LogP contribution in [-0.4, -0.2) is 34.8 Å². The lowest BCUT2D eigenvalue weighted by atomic mass is 10.1. The summed E-state index contributed by atoms with van der Waals surface area (Å²) in [6.45, 7) is 10.7. The van der Waals surface area contributed by atoms with Gasteiger partial charge in [0.1, 0.15) is 0 Å². The highest BCUT2D eigenvalue weighted by molar-refractivity contribution is 5.89. The molecule has 0 saturated carbocycles. The lowest BCUT2D eigenvalue weighted by Crippen LogP contribution is -2.44. The van der Waals surface area contributed by atoms with Gasteiger partial charge in [-0.3, -0.25) is 9.59 Å². The summed E-state index contributed by atoms with van der Waals surface area (Å²) >= 11 is 0. The summed E-state index contributed by atoms with van der Waals surface area (Å²) in [6, 6.07) is 0.196. The molecule has 1 saturated heterocycles. The maximum absolute atomic E-state index is 12.1. The summed E-state index contributed by atoms with van der Waals surface area (Å²) in [5.74, 6) is -0.0714. The van der Waals surface area contributed by atoms with Crippen LogP contribution in [0.15, 0.2) is 0 Å². The summed E-state index contributed by atoms with van der Waals surface area (Å²) in [5.41, 5.74) is -0.193. The number of carbonyl (C=O) groups excluding carboxylic acids is 2. The van der Waals surface area contributed by atoms with E-state index in [-0.39, 0.29) is 29.3 Å². The molecule has 2 atom stereocenters. The number of nitrogens with zero attached hydrogens (tertiary/aromatic N) is 1. The average molecular weight is 254 g/mol. The maximum Gasteiger partial charge on any atom is 0.225 e. The van der Waals surface area contributed by atoms with Gasteiger partial charge in [-0.1, -0.05) is 13.3 Å². The van der Waals surface area contributed by atoms with E-state index in [9.17, 15) is 9.59 Å². The Hall–Kier alpha value is -1.06. The Kier molecular flexibility index (Phi) is 4.77. The van der Waals surface area contributed by atoms with Crippen LogP contribution in [0.25, 0.3) is 0 Å². The molecular formula is C14H26N2O2. The molecule has 1 heterocycles. The minimum absolute atomic E-state index is 0.0241. The van der Waals surface area contributed by atoms with E-state index in [1.165, 1.54) is 0 Å². The molecule has 18 heavy (non-hydrogen) atoms. The number of likely N-dealkylation sites (tertiary alicyclic amines) is 1. The summed E-state index contributed by atoms with van der Waals surface area (Å²) in [6.07, 6.45) is 2.39. The molecule has 0 aromatic heterocycles. The van der Waals surface area contributed by atoms with Crippen molar-refractivity contribution in [3.05, 3.63) is 0 Å². The van der Waals surface area contributed by atoms with E-state index in [0.717, 1.165) is 12.8 Å². The molecule has 1 rings (SSSR count). The van der Waals surface area contributed by atoms with Gasteiger partial charge in [0, 0.05) is 24.5 Å². The van der Waals surface area contributed by atoms with Gasteiger partial charge in [0.15, 0.2) is 0 Å². The van der Waals surface area contributed by atoms with E-state index in [0.29, 0.717) is 13.0 Å². The van der Waals surface area contributed by atoms with E-state index in [1.807, 2.05) is 32.6 Å². The van der Waals surface area contributed by atoms with Crippen molar-refractivity contribution in [3.63, 3.8) is 0 Å². The molecule has 0 bridgehead atoms. The molecule has 0 spiro atoms. The van der Waals surface area contributed by atoms with Crippen molar-refractivity contribution in [1.82, 2.24) is 10.2 Å². The standard InChI is InChI=1S/C14H26N2O2/c1-6-7-10(2)15-13(18)11-8-12(17)16(9-11)14(3,4)5/h10-11H,6-9H2,1-5H3,(H,15,18)/t10-,11-/m1/s1. The number of hydrogen-bond donors (Lipinski definition) is 1. The van der Waals surface area contributed by atoms with Crippen molar-refractivity contribution in [3.8, 4) is 0 Å². The lowest BCUT2D eigenvalue weighted by molar-refractivity contribution is -0.132. The molecular weight excluding hydrogens is 228 g/mol. The van der Waals surface area contributed by atoms with E-state index in [4.69, 9.17) is 0 Å². The quantitative estimate of drug-likeness (QED) is 0.833. The van der Waals surface area contributed by atoms with Crippen LogP contribution in [0, 0.1) is 5.92 Å². The predicted molar refractivity (Wildman–Crippen MR) is 72.1 cm³/mol. The van der Waals surface area contributed by atoms with Gasteiger partial charge in [-0.2, -0.15) is 0 Å². The summed E-state index contributed by atoms with van der Waals surface area (Å²) in [4.78, 5) is 25.8. The van der Waals surface area contributed by atoms with Crippen molar-refractivity contribution in [1.29, 1.82) is 0 Å². The van der Waals surface area contributed by atoms with Crippen LogP contribution in [-0.2, 0) is 9.59 Å². The highest BCUT2D eigenvalue weighted by Crippen LogP contribution is 2.25. The Morgan fingerprint density at radius 2 is 2.11 bits per heavy atom. The highest BCUT2D eigenvalue weighted by atomic mass is 16.2. The number of rotatable bonds is 4. The van der Waals surface area contributed by atoms with E-state index < -0.39 is 0 Å². The van der Waals surface area contributed by atoms with E-state index in [1.54, 1.807) is 0 Å². The Bertz CT molecular complexity index is 320. The molecule has 0 aromatic carbocycles. The fourth-order valence-electron chi connectivity index (χ4n) is 2.40. The summed E-state index contributed by atoms with van der Waals surface area (Å²) in [5, 5.41) is 3.00. The molecule has 4 heteroatoms. The zero-order chi connectivity index (χ0) is 13.9. The van der Waals surface area contributed by atoms with Crippen LogP contribution in [0.4, 0.5) is 0 Å². The van der Waals surface area contributed by atoms with Crippen LogP contribution in [0.1, 0.15) is 53.9 Å². The molecule has 0 aliphatic carbocycles. The third-order valence-electron chi connectivity index (χ3n) is 3.42. The van der Waals surface area contributed by atoms with E-state index in [2.05, 4.69) is 12.2 Å². The fraction of sp³-hybridized carbons (Fsp3) is 0.857. The van der Waals surface area contributed by atoms with Crippen LogP contribution in [0.3, 0.4) is 0 Å². The highest BCUT2D eigenvalue weighted by Gasteiger charge is 2.39. The smallest absolute Gasteiger partial charge is 0.225 e. The molecule has 1 N–H and O–H groups in total. The number of amides is 2. The first-order valence-electron chi connectivity index (χ1n) is 6.86. The van der Waals surface area contributed by atoms with E-state index >= 15 is 0 Å². The topological polar surface area (TPSA) is 49.4 Å². The van der Waals surface area contributed by atoms with Gasteiger partial charge < -0.3 is 10.2 Å². The molecule has 0 radical (unpaired) electrons. The molecule has 0 unspecified atom stereocenters. The molecule has 1 fully saturated rings. The third-order valence-corrected chi connectivity index (χ3v) is 3.42. The molecule has 1 aliphatic rings. The third kappa shape index (κ3) is 3.72. The second kappa shape index (κ2) is 5.72. The second-order valence-corrected chi connectivity index (χ2v) is 6.27. The van der Waals surface area contributed by atoms with Gasteiger partial charge in [-0.15, -0.1) is 0 Å². The first-order valence-corrected chi connectivity index (χ1v) is 6.86. The number of carbonyl (C=O) groups is 2. The normalized spacial score (nSPS) is 22.2.